The molecule has 2 aromatic rings. The molecule has 0 unspecified atom stereocenters. The van der Waals surface area contributed by atoms with Crippen LogP contribution < -0.4 is 10.6 Å². The van der Waals surface area contributed by atoms with Gasteiger partial charge in [0.1, 0.15) is 6.02 Å². The Kier molecular flexibility index (Phi) is 4.63. The molecule has 0 aromatic heterocycles. The van der Waals surface area contributed by atoms with E-state index in [1.807, 2.05) is 12.1 Å². The van der Waals surface area contributed by atoms with E-state index in [-0.39, 0.29) is 12.1 Å². The van der Waals surface area contributed by atoms with Gasteiger partial charge in [0, 0.05) is 61.4 Å². The lowest BCUT2D eigenvalue weighted by molar-refractivity contribution is -0.136. The lowest BCUT2D eigenvalue weighted by Gasteiger charge is -2.29. The first-order chi connectivity index (χ1) is 18.0. The summed E-state index contributed by atoms with van der Waals surface area (Å²) in [6, 6.07) is 10.1. The van der Waals surface area contributed by atoms with Crippen molar-refractivity contribution in [3.05, 3.63) is 64.7 Å². The molecule has 3 aliphatic rings. The Balaban J connectivity index is 1.32. The van der Waals surface area contributed by atoms with Crippen molar-refractivity contribution in [3.63, 3.8) is 0 Å². The molecule has 1 atom stereocenters. The standard InChI is InChI=1S/C25H28N4O4/c30-23-9-8-22(24(31)27-23)29-16-20-19(25(29)32)2-1-3-21(20)26-14-17-4-6-18(7-5-17)15-28-10-12-33-13-11-28/h1-7,22,26H,8-16H2,(H,27,30,31)/t22-/m0/s1/i8D2,9D2,22D. The number of hydrogen-bond acceptors (Lipinski definition) is 6. The molecule has 0 radical (unpaired) electrons. The molecule has 3 heterocycles. The zero-order chi connectivity index (χ0) is 27.3. The number of rotatable bonds is 6. The number of ether oxygens (including phenoxy) is 1. The van der Waals surface area contributed by atoms with Crippen molar-refractivity contribution in [1.29, 1.82) is 0 Å². The molecular formula is C25H28N4O4. The van der Waals surface area contributed by atoms with Crippen LogP contribution in [0.2, 0.25) is 0 Å². The predicted molar refractivity (Wildman–Crippen MR) is 122 cm³/mol. The fourth-order valence-corrected chi connectivity index (χ4v) is 4.21. The monoisotopic (exact) mass is 453 g/mol. The fraction of sp³-hybridized carbons (Fsp3) is 0.400. The van der Waals surface area contributed by atoms with Gasteiger partial charge in [-0.05, 0) is 29.6 Å². The normalized spacial score (nSPS) is 28.7. The van der Waals surface area contributed by atoms with Crippen molar-refractivity contribution >= 4 is 23.4 Å². The van der Waals surface area contributed by atoms with Crippen molar-refractivity contribution in [2.24, 2.45) is 0 Å². The van der Waals surface area contributed by atoms with Gasteiger partial charge in [0.15, 0.2) is 0 Å². The average molecular weight is 454 g/mol. The average Bonchev–Trinajstić information content (AvgIpc) is 3.24. The van der Waals surface area contributed by atoms with Gasteiger partial charge >= 0.3 is 0 Å². The van der Waals surface area contributed by atoms with Gasteiger partial charge < -0.3 is 15.0 Å². The van der Waals surface area contributed by atoms with Crippen LogP contribution in [0.5, 0.6) is 0 Å². The number of nitrogens with zero attached hydrogens (tertiary/aromatic N) is 2. The second-order valence-electron chi connectivity index (χ2n) is 8.16. The van der Waals surface area contributed by atoms with Crippen molar-refractivity contribution in [1.82, 2.24) is 15.1 Å². The molecular weight excluding hydrogens is 420 g/mol. The maximum atomic E-state index is 13.3. The SMILES string of the molecule is [2H]C1([2H])C(=O)NC(=O)[C@@]([2H])(N2Cc3c(NCc4ccc(CN5CCOCC5)cc4)cccc3C2=O)C1([2H])[2H]. The Labute approximate surface area is 199 Å². The predicted octanol–water partition coefficient (Wildman–Crippen LogP) is 1.89. The summed E-state index contributed by atoms with van der Waals surface area (Å²) in [5.74, 6) is -3.64. The van der Waals surface area contributed by atoms with Crippen LogP contribution in [0, 0.1) is 0 Å². The molecule has 33 heavy (non-hydrogen) atoms. The van der Waals surface area contributed by atoms with Gasteiger partial charge in [-0.1, -0.05) is 30.3 Å². The zero-order valence-electron chi connectivity index (χ0n) is 23.0. The number of amides is 3. The smallest absolute Gasteiger partial charge is 0.255 e. The highest BCUT2D eigenvalue weighted by molar-refractivity contribution is 6.06. The van der Waals surface area contributed by atoms with Gasteiger partial charge in [0.2, 0.25) is 11.8 Å². The summed E-state index contributed by atoms with van der Waals surface area (Å²) in [7, 11) is 0. The van der Waals surface area contributed by atoms with Crippen LogP contribution in [0.25, 0.3) is 0 Å². The van der Waals surface area contributed by atoms with Crippen LogP contribution in [0.1, 0.15) is 46.6 Å². The number of fused-ring (bicyclic) bond motifs is 1. The van der Waals surface area contributed by atoms with Crippen LogP contribution in [0.4, 0.5) is 5.69 Å². The quantitative estimate of drug-likeness (QED) is 0.650. The third-order valence-corrected chi connectivity index (χ3v) is 5.99. The van der Waals surface area contributed by atoms with Gasteiger partial charge in [-0.3, -0.25) is 24.6 Å². The summed E-state index contributed by atoms with van der Waals surface area (Å²) in [4.78, 5) is 41.0. The molecule has 172 valence electrons. The maximum Gasteiger partial charge on any atom is 0.255 e. The van der Waals surface area contributed by atoms with Gasteiger partial charge in [-0.15, -0.1) is 0 Å². The Morgan fingerprint density at radius 3 is 2.64 bits per heavy atom. The van der Waals surface area contributed by atoms with E-state index in [4.69, 9.17) is 11.6 Å². The third-order valence-electron chi connectivity index (χ3n) is 5.99. The molecule has 2 saturated heterocycles. The van der Waals surface area contributed by atoms with Crippen molar-refractivity contribution in [2.45, 2.75) is 38.4 Å². The molecule has 2 N–H and O–H groups in total. The van der Waals surface area contributed by atoms with Crippen LogP contribution in [0.3, 0.4) is 0 Å². The number of anilines is 1. The van der Waals surface area contributed by atoms with Crippen LogP contribution in [-0.4, -0.2) is 59.8 Å². The summed E-state index contributed by atoms with van der Waals surface area (Å²) in [6.07, 6.45) is -6.50. The van der Waals surface area contributed by atoms with Gasteiger partial charge in [0.25, 0.3) is 5.91 Å². The first-order valence-electron chi connectivity index (χ1n) is 13.4. The zero-order valence-corrected chi connectivity index (χ0v) is 18.0. The lowest BCUT2D eigenvalue weighted by Crippen LogP contribution is -2.52. The van der Waals surface area contributed by atoms with Crippen molar-refractivity contribution < 1.29 is 26.0 Å². The number of carbonyl (C=O) groups excluding carboxylic acids is 3. The van der Waals surface area contributed by atoms with E-state index in [1.165, 1.54) is 11.6 Å². The lowest BCUT2D eigenvalue weighted by atomic mass is 10.0. The molecule has 8 heteroatoms. The molecule has 0 bridgehead atoms. The highest BCUT2D eigenvalue weighted by Gasteiger charge is 2.39. The number of hydrogen-bond donors (Lipinski definition) is 2. The first kappa shape index (κ1) is 16.4. The Morgan fingerprint density at radius 1 is 1.09 bits per heavy atom. The summed E-state index contributed by atoms with van der Waals surface area (Å²) < 4.78 is 46.4. The van der Waals surface area contributed by atoms with Gasteiger partial charge in [-0.25, -0.2) is 0 Å². The molecule has 3 aliphatic heterocycles. The molecule has 2 aromatic carbocycles. The highest BCUT2D eigenvalue weighted by atomic mass is 16.5. The van der Waals surface area contributed by atoms with Crippen molar-refractivity contribution in [2.75, 3.05) is 31.6 Å². The van der Waals surface area contributed by atoms with Crippen molar-refractivity contribution in [3.8, 4) is 0 Å². The number of imide groups is 1. The second kappa shape index (κ2) is 9.33. The van der Waals surface area contributed by atoms with Crippen LogP contribution in [-0.2, 0) is 34.0 Å². The van der Waals surface area contributed by atoms with Crippen LogP contribution in [0.15, 0.2) is 42.5 Å². The number of piperidine rings is 1. The summed E-state index contributed by atoms with van der Waals surface area (Å²) in [5, 5.41) is 5.02. The number of benzene rings is 2. The van der Waals surface area contributed by atoms with E-state index in [2.05, 4.69) is 22.3 Å². The maximum absolute atomic E-state index is 13.3. The van der Waals surface area contributed by atoms with E-state index < -0.39 is 36.5 Å². The Morgan fingerprint density at radius 2 is 1.85 bits per heavy atom. The van der Waals surface area contributed by atoms with Gasteiger partial charge in [0.05, 0.1) is 14.6 Å². The van der Waals surface area contributed by atoms with Gasteiger partial charge in [-0.2, -0.15) is 0 Å². The third kappa shape index (κ3) is 4.62. The topological polar surface area (TPSA) is 91.0 Å². The first-order valence-corrected chi connectivity index (χ1v) is 10.9. The molecule has 3 amide bonds. The summed E-state index contributed by atoms with van der Waals surface area (Å²) in [5.41, 5.74) is 3.42. The van der Waals surface area contributed by atoms with Crippen LogP contribution >= 0.6 is 0 Å². The van der Waals surface area contributed by atoms with E-state index in [1.54, 1.807) is 17.4 Å². The minimum absolute atomic E-state index is 0.184. The molecule has 8 nitrogen and oxygen atoms in total. The summed E-state index contributed by atoms with van der Waals surface area (Å²) >= 11 is 0. The fourth-order valence-electron chi connectivity index (χ4n) is 4.21. The molecule has 2 fully saturated rings. The minimum atomic E-state index is -3.30. The Bertz CT molecular complexity index is 1280. The molecule has 0 saturated carbocycles. The number of morpholine rings is 1. The van der Waals surface area contributed by atoms with E-state index >= 15 is 0 Å². The van der Waals surface area contributed by atoms with E-state index in [9.17, 15) is 14.4 Å². The number of carbonyl (C=O) groups is 3. The summed E-state index contributed by atoms with van der Waals surface area (Å²) in [6.45, 7) is 4.28. The number of nitrogens with one attached hydrogen (secondary N) is 2. The van der Waals surface area contributed by atoms with E-state index in [0.29, 0.717) is 22.7 Å². The Hall–Kier alpha value is -3.23. The molecule has 0 spiro atoms. The van der Waals surface area contributed by atoms with E-state index in [0.717, 1.165) is 38.4 Å². The largest absolute Gasteiger partial charge is 0.381 e. The molecule has 0 aliphatic carbocycles. The highest BCUT2D eigenvalue weighted by Crippen LogP contribution is 2.32. The molecule has 5 rings (SSSR count). The minimum Gasteiger partial charge on any atom is -0.381 e. The second-order valence-corrected chi connectivity index (χ2v) is 8.16.